The third kappa shape index (κ3) is 42.4. The number of phosphoric ester groups is 1. The quantitative estimate of drug-likeness (QED) is 0.0234. The first-order valence-corrected chi connectivity index (χ1v) is 24.9. The van der Waals surface area contributed by atoms with Gasteiger partial charge in [0.1, 0.15) is 12.1 Å². The number of esters is 1. The first-order valence-electron chi connectivity index (χ1n) is 23.4. The molecular weight excluding hydrogens is 741 g/mol. The van der Waals surface area contributed by atoms with E-state index >= 15 is 0 Å². The second kappa shape index (κ2) is 42.6. The van der Waals surface area contributed by atoms with Gasteiger partial charge in [-0.2, -0.15) is 0 Å². The molecule has 3 atom stereocenters. The van der Waals surface area contributed by atoms with E-state index in [2.05, 4.69) is 38.2 Å². The Balaban J connectivity index is 4.19. The largest absolute Gasteiger partial charge is 0.480 e. The molecule has 0 saturated carbocycles. The number of carbonyl (C=O) groups excluding carboxylic acids is 1. The van der Waals surface area contributed by atoms with Crippen LogP contribution in [0.2, 0.25) is 0 Å². The maximum Gasteiger partial charge on any atom is 0.472 e. The molecule has 57 heavy (non-hydrogen) atoms. The molecule has 0 rings (SSSR count). The number of rotatable bonds is 45. The van der Waals surface area contributed by atoms with E-state index in [0.717, 1.165) is 51.4 Å². The van der Waals surface area contributed by atoms with Gasteiger partial charge >= 0.3 is 19.8 Å². The molecule has 0 saturated heterocycles. The van der Waals surface area contributed by atoms with Gasteiger partial charge in [0.05, 0.1) is 19.8 Å². The summed E-state index contributed by atoms with van der Waals surface area (Å²) in [6.07, 6.45) is 46.6. The van der Waals surface area contributed by atoms with Gasteiger partial charge in [0.2, 0.25) is 0 Å². The molecule has 10 nitrogen and oxygen atoms in total. The number of hydrogen-bond acceptors (Lipinski definition) is 8. The third-order valence-corrected chi connectivity index (χ3v) is 11.2. The molecule has 0 heterocycles. The van der Waals surface area contributed by atoms with E-state index in [0.29, 0.717) is 13.0 Å². The molecule has 0 aromatic carbocycles. The number of phosphoric acid groups is 1. The minimum Gasteiger partial charge on any atom is -0.480 e. The summed E-state index contributed by atoms with van der Waals surface area (Å²) in [5.74, 6) is -1.78. The lowest BCUT2D eigenvalue weighted by atomic mass is 10.1. The zero-order valence-corrected chi connectivity index (χ0v) is 37.6. The molecule has 0 aromatic rings. The number of carbonyl (C=O) groups is 2. The molecule has 4 N–H and O–H groups in total. The number of carboxylic acids is 1. The van der Waals surface area contributed by atoms with E-state index in [1.54, 1.807) is 0 Å². The van der Waals surface area contributed by atoms with Crippen molar-refractivity contribution in [2.75, 3.05) is 26.4 Å². The number of ether oxygens (including phenoxy) is 2. The average Bonchev–Trinajstić information content (AvgIpc) is 3.19. The summed E-state index contributed by atoms with van der Waals surface area (Å²) in [4.78, 5) is 33.6. The van der Waals surface area contributed by atoms with Crippen LogP contribution in [0.25, 0.3) is 0 Å². The minimum absolute atomic E-state index is 0.0142. The fraction of sp³-hybridized carbons (Fsp3) is 0.870. The summed E-state index contributed by atoms with van der Waals surface area (Å²) < 4.78 is 33.4. The zero-order chi connectivity index (χ0) is 41.9. The normalized spacial score (nSPS) is 14.0. The molecule has 0 aromatic heterocycles. The third-order valence-electron chi connectivity index (χ3n) is 10.2. The second-order valence-corrected chi connectivity index (χ2v) is 17.3. The van der Waals surface area contributed by atoms with Crippen molar-refractivity contribution in [2.45, 2.75) is 231 Å². The van der Waals surface area contributed by atoms with E-state index in [9.17, 15) is 19.0 Å². The van der Waals surface area contributed by atoms with Gasteiger partial charge < -0.3 is 25.2 Å². The second-order valence-electron chi connectivity index (χ2n) is 15.9. The number of unbranched alkanes of at least 4 members (excludes halogenated alkanes) is 27. The molecule has 0 spiro atoms. The molecule has 0 aliphatic heterocycles. The van der Waals surface area contributed by atoms with E-state index < -0.39 is 45.1 Å². The summed E-state index contributed by atoms with van der Waals surface area (Å²) in [6, 6.07) is -1.47. The van der Waals surface area contributed by atoms with Gasteiger partial charge in [-0.15, -0.1) is 0 Å². The number of nitrogens with two attached hydrogens (primary N) is 1. The highest BCUT2D eigenvalue weighted by Gasteiger charge is 2.27. The summed E-state index contributed by atoms with van der Waals surface area (Å²) >= 11 is 0. The number of hydrogen-bond donors (Lipinski definition) is 3. The summed E-state index contributed by atoms with van der Waals surface area (Å²) in [5.41, 5.74) is 5.36. The van der Waals surface area contributed by atoms with Crippen LogP contribution in [-0.4, -0.2) is 60.5 Å². The average molecular weight is 830 g/mol. The Kier molecular flexibility index (Phi) is 41.4. The summed E-state index contributed by atoms with van der Waals surface area (Å²) in [5, 5.41) is 8.90. The van der Waals surface area contributed by atoms with E-state index in [4.69, 9.17) is 29.4 Å². The van der Waals surface area contributed by atoms with Gasteiger partial charge in [0, 0.05) is 13.0 Å². The molecule has 0 bridgehead atoms. The van der Waals surface area contributed by atoms with Crippen molar-refractivity contribution in [3.8, 4) is 0 Å². The lowest BCUT2D eigenvalue weighted by Crippen LogP contribution is -2.34. The maximum atomic E-state index is 12.6. The van der Waals surface area contributed by atoms with Crippen LogP contribution in [0.4, 0.5) is 0 Å². The topological polar surface area (TPSA) is 155 Å². The minimum atomic E-state index is -4.62. The van der Waals surface area contributed by atoms with Crippen molar-refractivity contribution in [1.29, 1.82) is 0 Å². The molecule has 0 fully saturated rings. The van der Waals surface area contributed by atoms with Crippen LogP contribution < -0.4 is 5.73 Å². The first-order chi connectivity index (χ1) is 27.7. The van der Waals surface area contributed by atoms with Gasteiger partial charge in [-0.3, -0.25) is 18.6 Å². The van der Waals surface area contributed by atoms with Gasteiger partial charge in [-0.05, 0) is 64.2 Å². The van der Waals surface area contributed by atoms with Crippen LogP contribution in [0.3, 0.4) is 0 Å². The fourth-order valence-electron chi connectivity index (χ4n) is 6.53. The van der Waals surface area contributed by atoms with Gasteiger partial charge in [0.15, 0.2) is 0 Å². The van der Waals surface area contributed by atoms with Crippen LogP contribution in [0.1, 0.15) is 219 Å². The highest BCUT2D eigenvalue weighted by molar-refractivity contribution is 7.47. The Morgan fingerprint density at radius 3 is 1.33 bits per heavy atom. The monoisotopic (exact) mass is 830 g/mol. The predicted molar refractivity (Wildman–Crippen MR) is 235 cm³/mol. The molecule has 0 aliphatic carbocycles. The van der Waals surface area contributed by atoms with E-state index in [1.807, 2.05) is 0 Å². The number of aliphatic carboxylic acids is 1. The van der Waals surface area contributed by atoms with Crippen LogP contribution >= 0.6 is 7.82 Å². The Morgan fingerprint density at radius 2 is 0.912 bits per heavy atom. The Bertz CT molecular complexity index is 1010. The van der Waals surface area contributed by atoms with Crippen LogP contribution in [0, 0.1) is 0 Å². The lowest BCUT2D eigenvalue weighted by molar-refractivity contribution is -0.154. The molecule has 0 radical (unpaired) electrons. The standard InChI is InChI=1S/C46H88NO9P/c1-3-5-7-9-11-13-15-17-19-21-22-23-25-27-29-31-33-35-37-39-53-40-43(41-54-57(51,52)55-42-44(47)46(49)50)56-45(48)38-36-34-32-30-28-26-24-20-18-16-14-12-10-8-6-4-2/h19-21,24,43-44H,3-18,22-23,25-42,47H2,1-2H3,(H,49,50)(H,51,52)/b21-19-,24-20-. The highest BCUT2D eigenvalue weighted by Crippen LogP contribution is 2.43. The molecular formula is C46H88NO9P. The Labute approximate surface area is 349 Å². The Morgan fingerprint density at radius 1 is 0.544 bits per heavy atom. The Hall–Kier alpha value is -1.55. The highest BCUT2D eigenvalue weighted by atomic mass is 31.2. The maximum absolute atomic E-state index is 12.6. The number of carboxylic acid groups (broad SMARTS) is 1. The smallest absolute Gasteiger partial charge is 0.472 e. The fourth-order valence-corrected chi connectivity index (χ4v) is 7.31. The van der Waals surface area contributed by atoms with Crippen LogP contribution in [0.15, 0.2) is 24.3 Å². The van der Waals surface area contributed by atoms with E-state index in [1.165, 1.54) is 141 Å². The summed E-state index contributed by atoms with van der Waals surface area (Å²) in [6.45, 7) is 3.89. The molecule has 11 heteroatoms. The molecule has 3 unspecified atom stereocenters. The first kappa shape index (κ1) is 55.5. The summed E-state index contributed by atoms with van der Waals surface area (Å²) in [7, 11) is -4.62. The molecule has 0 aliphatic rings. The van der Waals surface area contributed by atoms with Gasteiger partial charge in [-0.25, -0.2) is 4.57 Å². The lowest BCUT2D eigenvalue weighted by Gasteiger charge is -2.20. The van der Waals surface area contributed by atoms with E-state index in [-0.39, 0.29) is 13.0 Å². The van der Waals surface area contributed by atoms with Crippen molar-refractivity contribution < 1.29 is 42.7 Å². The van der Waals surface area contributed by atoms with Crippen LogP contribution in [0.5, 0.6) is 0 Å². The van der Waals surface area contributed by atoms with Crippen LogP contribution in [-0.2, 0) is 32.7 Å². The zero-order valence-electron chi connectivity index (χ0n) is 36.7. The van der Waals surface area contributed by atoms with Gasteiger partial charge in [-0.1, -0.05) is 173 Å². The molecule has 336 valence electrons. The van der Waals surface area contributed by atoms with Crippen molar-refractivity contribution in [1.82, 2.24) is 0 Å². The van der Waals surface area contributed by atoms with Gasteiger partial charge in [0.25, 0.3) is 0 Å². The van der Waals surface area contributed by atoms with Crippen molar-refractivity contribution in [3.63, 3.8) is 0 Å². The van der Waals surface area contributed by atoms with Crippen molar-refractivity contribution in [3.05, 3.63) is 24.3 Å². The van der Waals surface area contributed by atoms with Crippen molar-refractivity contribution >= 4 is 19.8 Å². The number of allylic oxidation sites excluding steroid dienone is 4. The SMILES string of the molecule is CCCCCCCCC/C=C\CCCCCCCCCCOCC(COP(=O)(O)OCC(N)C(=O)O)OC(=O)CCCCCCC/C=C\CCCCCCCCC. The van der Waals surface area contributed by atoms with Crippen molar-refractivity contribution in [2.24, 2.45) is 5.73 Å². The molecule has 0 amide bonds. The predicted octanol–water partition coefficient (Wildman–Crippen LogP) is 13.1.